The second-order valence-corrected chi connectivity index (χ2v) is 7.55. The molecule has 0 aliphatic rings. The predicted octanol–water partition coefficient (Wildman–Crippen LogP) is 7.09. The first kappa shape index (κ1) is 23.2. The molecule has 0 spiro atoms. The molecule has 4 aromatic rings. The molecule has 0 aliphatic carbocycles. The van der Waals surface area contributed by atoms with E-state index in [2.05, 4.69) is 5.32 Å². The zero-order valence-electron chi connectivity index (χ0n) is 18.4. The van der Waals surface area contributed by atoms with Crippen LogP contribution in [0.5, 0.6) is 11.5 Å². The van der Waals surface area contributed by atoms with Crippen LogP contribution in [0.15, 0.2) is 84.9 Å². The molecule has 0 atom stereocenters. The van der Waals surface area contributed by atoms with Crippen LogP contribution in [0.25, 0.3) is 10.8 Å². The summed E-state index contributed by atoms with van der Waals surface area (Å²) in [6, 6.07) is 23.2. The van der Waals surface area contributed by atoms with Gasteiger partial charge in [0.25, 0.3) is 5.91 Å². The SMILES string of the molecule is CCOc1ccc(C(=O)Nc2ccccc2C(F)(F)F)cc1COc1ccc2ccccc2c1. The van der Waals surface area contributed by atoms with E-state index < -0.39 is 17.6 Å². The molecule has 4 rings (SSSR count). The van der Waals surface area contributed by atoms with Crippen LogP contribution >= 0.6 is 0 Å². The minimum atomic E-state index is -4.58. The van der Waals surface area contributed by atoms with Gasteiger partial charge in [-0.1, -0.05) is 42.5 Å². The van der Waals surface area contributed by atoms with Gasteiger partial charge in [0.1, 0.15) is 18.1 Å². The normalized spacial score (nSPS) is 11.3. The zero-order valence-corrected chi connectivity index (χ0v) is 18.4. The Hall–Kier alpha value is -4.00. The van der Waals surface area contributed by atoms with E-state index in [-0.39, 0.29) is 17.9 Å². The van der Waals surface area contributed by atoms with Gasteiger partial charge in [-0.15, -0.1) is 0 Å². The van der Waals surface area contributed by atoms with Crippen molar-refractivity contribution in [2.75, 3.05) is 11.9 Å². The van der Waals surface area contributed by atoms with Gasteiger partial charge in [-0.2, -0.15) is 13.2 Å². The molecule has 0 saturated carbocycles. The average Bonchev–Trinajstić information content (AvgIpc) is 2.83. The number of ether oxygens (including phenoxy) is 2. The highest BCUT2D eigenvalue weighted by molar-refractivity contribution is 6.05. The Bertz CT molecular complexity index is 1320. The summed E-state index contributed by atoms with van der Waals surface area (Å²) in [5.41, 5.74) is -0.415. The smallest absolute Gasteiger partial charge is 0.418 e. The van der Waals surface area contributed by atoms with Crippen LogP contribution < -0.4 is 14.8 Å². The highest BCUT2D eigenvalue weighted by Crippen LogP contribution is 2.35. The number of hydrogen-bond donors (Lipinski definition) is 1. The topological polar surface area (TPSA) is 47.6 Å². The van der Waals surface area contributed by atoms with Crippen molar-refractivity contribution in [3.63, 3.8) is 0 Å². The molecule has 4 nitrogen and oxygen atoms in total. The van der Waals surface area contributed by atoms with Gasteiger partial charge >= 0.3 is 6.18 Å². The van der Waals surface area contributed by atoms with Gasteiger partial charge in [-0.05, 0) is 60.2 Å². The number of carbonyl (C=O) groups excluding carboxylic acids is 1. The number of benzene rings is 4. The summed E-state index contributed by atoms with van der Waals surface area (Å²) in [7, 11) is 0. The highest BCUT2D eigenvalue weighted by Gasteiger charge is 2.33. The third-order valence-electron chi connectivity index (χ3n) is 5.22. The van der Waals surface area contributed by atoms with Crippen molar-refractivity contribution in [2.24, 2.45) is 0 Å². The van der Waals surface area contributed by atoms with Crippen LogP contribution in [0.4, 0.5) is 18.9 Å². The summed E-state index contributed by atoms with van der Waals surface area (Å²) >= 11 is 0. The molecule has 0 heterocycles. The molecule has 0 unspecified atom stereocenters. The first-order valence-corrected chi connectivity index (χ1v) is 10.7. The van der Waals surface area contributed by atoms with Gasteiger partial charge in [-0.3, -0.25) is 4.79 Å². The van der Waals surface area contributed by atoms with Crippen molar-refractivity contribution >= 4 is 22.4 Å². The molecule has 0 fully saturated rings. The standard InChI is InChI=1S/C27H22F3NO3/c1-2-33-25-14-12-20(26(32)31-24-10-6-5-9-23(24)27(28,29)30)15-21(25)17-34-22-13-11-18-7-3-4-8-19(18)16-22/h3-16H,2,17H2,1H3,(H,31,32). The molecule has 0 aliphatic heterocycles. The quantitative estimate of drug-likeness (QED) is 0.317. The van der Waals surface area contributed by atoms with Crippen molar-refractivity contribution in [3.8, 4) is 11.5 Å². The molecule has 7 heteroatoms. The molecular weight excluding hydrogens is 443 g/mol. The molecule has 4 aromatic carbocycles. The molecular formula is C27H22F3NO3. The van der Waals surface area contributed by atoms with E-state index in [0.717, 1.165) is 16.8 Å². The number of para-hydroxylation sites is 1. The summed E-state index contributed by atoms with van der Waals surface area (Å²) in [4.78, 5) is 12.8. The average molecular weight is 465 g/mol. The lowest BCUT2D eigenvalue weighted by Crippen LogP contribution is -2.17. The van der Waals surface area contributed by atoms with Gasteiger partial charge in [0.2, 0.25) is 0 Å². The largest absolute Gasteiger partial charge is 0.493 e. The number of carbonyl (C=O) groups is 1. The van der Waals surface area contributed by atoms with E-state index >= 15 is 0 Å². The van der Waals surface area contributed by atoms with Crippen molar-refractivity contribution in [3.05, 3.63) is 102 Å². The molecule has 0 radical (unpaired) electrons. The second kappa shape index (κ2) is 9.87. The monoisotopic (exact) mass is 465 g/mol. The van der Waals surface area contributed by atoms with Crippen LogP contribution in [-0.2, 0) is 12.8 Å². The van der Waals surface area contributed by atoms with Crippen LogP contribution in [-0.4, -0.2) is 12.5 Å². The molecule has 0 saturated heterocycles. The number of nitrogens with one attached hydrogen (secondary N) is 1. The molecule has 34 heavy (non-hydrogen) atoms. The van der Waals surface area contributed by atoms with E-state index in [4.69, 9.17) is 9.47 Å². The molecule has 1 N–H and O–H groups in total. The van der Waals surface area contributed by atoms with E-state index in [1.54, 1.807) is 12.1 Å². The fourth-order valence-corrected chi connectivity index (χ4v) is 3.58. The number of hydrogen-bond acceptors (Lipinski definition) is 3. The van der Waals surface area contributed by atoms with Crippen LogP contribution in [0, 0.1) is 0 Å². The zero-order chi connectivity index (χ0) is 24.1. The number of amides is 1. The maximum atomic E-state index is 13.3. The third kappa shape index (κ3) is 5.31. The Morgan fingerprint density at radius 1 is 0.853 bits per heavy atom. The van der Waals surface area contributed by atoms with Crippen LogP contribution in [0.3, 0.4) is 0 Å². The van der Waals surface area contributed by atoms with E-state index in [0.29, 0.717) is 23.7 Å². The molecule has 0 aromatic heterocycles. The van der Waals surface area contributed by atoms with E-state index in [1.165, 1.54) is 24.3 Å². The number of alkyl halides is 3. The first-order valence-electron chi connectivity index (χ1n) is 10.7. The van der Waals surface area contributed by atoms with Crippen molar-refractivity contribution in [1.29, 1.82) is 0 Å². The molecule has 0 bridgehead atoms. The second-order valence-electron chi connectivity index (χ2n) is 7.55. The van der Waals surface area contributed by atoms with Crippen molar-refractivity contribution in [2.45, 2.75) is 19.7 Å². The maximum Gasteiger partial charge on any atom is 0.418 e. The van der Waals surface area contributed by atoms with Gasteiger partial charge in [-0.25, -0.2) is 0 Å². The van der Waals surface area contributed by atoms with Gasteiger partial charge < -0.3 is 14.8 Å². The number of anilines is 1. The predicted molar refractivity (Wildman–Crippen MR) is 125 cm³/mol. The lowest BCUT2D eigenvalue weighted by molar-refractivity contribution is -0.136. The number of halogens is 3. The molecule has 1 amide bonds. The van der Waals surface area contributed by atoms with E-state index in [9.17, 15) is 18.0 Å². The molecule has 174 valence electrons. The number of rotatable bonds is 7. The van der Waals surface area contributed by atoms with Gasteiger partial charge in [0.15, 0.2) is 0 Å². The van der Waals surface area contributed by atoms with Crippen LogP contribution in [0.1, 0.15) is 28.4 Å². The lowest BCUT2D eigenvalue weighted by Gasteiger charge is -2.15. The fraction of sp³-hybridized carbons (Fsp3) is 0.148. The van der Waals surface area contributed by atoms with Crippen molar-refractivity contribution in [1.82, 2.24) is 0 Å². The Kier molecular flexibility index (Phi) is 6.72. The Morgan fingerprint density at radius 2 is 1.59 bits per heavy atom. The van der Waals surface area contributed by atoms with Gasteiger partial charge in [0.05, 0.1) is 17.9 Å². The van der Waals surface area contributed by atoms with Crippen LogP contribution in [0.2, 0.25) is 0 Å². The summed E-state index contributed by atoms with van der Waals surface area (Å²) in [5.74, 6) is 0.525. The summed E-state index contributed by atoms with van der Waals surface area (Å²) in [6.07, 6.45) is -4.58. The lowest BCUT2D eigenvalue weighted by atomic mass is 10.1. The van der Waals surface area contributed by atoms with Crippen molar-refractivity contribution < 1.29 is 27.4 Å². The fourth-order valence-electron chi connectivity index (χ4n) is 3.58. The Labute approximate surface area is 194 Å². The Balaban J connectivity index is 1.56. The summed E-state index contributed by atoms with van der Waals surface area (Å²) < 4.78 is 51.4. The third-order valence-corrected chi connectivity index (χ3v) is 5.22. The Morgan fingerprint density at radius 3 is 2.35 bits per heavy atom. The first-order chi connectivity index (χ1) is 16.3. The van der Waals surface area contributed by atoms with E-state index in [1.807, 2.05) is 49.4 Å². The van der Waals surface area contributed by atoms with Gasteiger partial charge in [0, 0.05) is 11.1 Å². The maximum absolute atomic E-state index is 13.3. The minimum absolute atomic E-state index is 0.119. The summed E-state index contributed by atoms with van der Waals surface area (Å²) in [6.45, 7) is 2.37. The highest BCUT2D eigenvalue weighted by atomic mass is 19.4. The number of fused-ring (bicyclic) bond motifs is 1. The summed E-state index contributed by atoms with van der Waals surface area (Å²) in [5, 5.41) is 4.48. The minimum Gasteiger partial charge on any atom is -0.493 e.